The lowest BCUT2D eigenvalue weighted by atomic mass is 9.83. The Morgan fingerprint density at radius 3 is 2.48 bits per heavy atom. The molecule has 2 nitrogen and oxygen atoms in total. The van der Waals surface area contributed by atoms with Crippen LogP contribution in [0.2, 0.25) is 0 Å². The Balaban J connectivity index is 2.38. The molecular formula is C19H26N2. The maximum Gasteiger partial charge on any atom is 0.0346 e. The topological polar surface area (TPSA) is 38.9 Å². The minimum atomic E-state index is 0.154. The summed E-state index contributed by atoms with van der Waals surface area (Å²) in [5.41, 5.74) is 11.0. The minimum Gasteiger partial charge on any atom is -0.330 e. The van der Waals surface area contributed by atoms with Crippen molar-refractivity contribution in [3.05, 3.63) is 53.9 Å². The van der Waals surface area contributed by atoms with E-state index in [0.717, 1.165) is 25.8 Å². The van der Waals surface area contributed by atoms with Crippen LogP contribution in [0.15, 0.2) is 42.7 Å². The molecule has 2 rings (SSSR count). The van der Waals surface area contributed by atoms with Crippen LogP contribution in [0, 0.1) is 0 Å². The molecule has 2 aromatic rings. The number of unbranched alkanes of at least 4 members (excludes halogenated alkanes) is 1. The van der Waals surface area contributed by atoms with E-state index in [2.05, 4.69) is 50.0 Å². The van der Waals surface area contributed by atoms with E-state index in [-0.39, 0.29) is 5.41 Å². The molecule has 0 unspecified atom stereocenters. The summed E-state index contributed by atoms with van der Waals surface area (Å²) < 4.78 is 0. The molecule has 1 aromatic heterocycles. The predicted molar refractivity (Wildman–Crippen MR) is 90.4 cm³/mol. The van der Waals surface area contributed by atoms with Crippen LogP contribution in [0.4, 0.5) is 0 Å². The third kappa shape index (κ3) is 4.40. The maximum atomic E-state index is 5.60. The van der Waals surface area contributed by atoms with E-state index < -0.39 is 0 Å². The summed E-state index contributed by atoms with van der Waals surface area (Å²) in [7, 11) is 0. The van der Waals surface area contributed by atoms with Gasteiger partial charge in [0.2, 0.25) is 0 Å². The van der Waals surface area contributed by atoms with Crippen LogP contribution in [0.1, 0.15) is 44.7 Å². The molecule has 0 spiro atoms. The van der Waals surface area contributed by atoms with Crippen LogP contribution in [0.25, 0.3) is 11.1 Å². The Labute approximate surface area is 128 Å². The van der Waals surface area contributed by atoms with Gasteiger partial charge in [0.1, 0.15) is 0 Å². The second-order valence-corrected chi connectivity index (χ2v) is 6.66. The van der Waals surface area contributed by atoms with E-state index in [4.69, 9.17) is 5.73 Å². The van der Waals surface area contributed by atoms with Gasteiger partial charge >= 0.3 is 0 Å². The van der Waals surface area contributed by atoms with Crippen molar-refractivity contribution in [1.82, 2.24) is 4.98 Å². The molecule has 2 N–H and O–H groups in total. The van der Waals surface area contributed by atoms with E-state index >= 15 is 0 Å². The summed E-state index contributed by atoms with van der Waals surface area (Å²) in [6.07, 6.45) is 7.08. The highest BCUT2D eigenvalue weighted by Crippen LogP contribution is 2.29. The van der Waals surface area contributed by atoms with Crippen LogP contribution in [-0.4, -0.2) is 11.5 Å². The summed E-state index contributed by atoms with van der Waals surface area (Å²) in [5, 5.41) is 0. The van der Waals surface area contributed by atoms with Gasteiger partial charge < -0.3 is 5.73 Å². The smallest absolute Gasteiger partial charge is 0.0346 e. The van der Waals surface area contributed by atoms with E-state index in [0.29, 0.717) is 0 Å². The van der Waals surface area contributed by atoms with Crippen LogP contribution >= 0.6 is 0 Å². The molecule has 0 saturated carbocycles. The van der Waals surface area contributed by atoms with E-state index in [1.807, 2.05) is 18.5 Å². The fourth-order valence-electron chi connectivity index (χ4n) is 2.44. The lowest BCUT2D eigenvalue weighted by Crippen LogP contribution is -2.12. The Kier molecular flexibility index (Phi) is 5.13. The molecule has 0 fully saturated rings. The Bertz CT molecular complexity index is 568. The molecule has 0 saturated heterocycles. The minimum absolute atomic E-state index is 0.154. The molecule has 0 amide bonds. The third-order valence-electron chi connectivity index (χ3n) is 3.77. The molecular weight excluding hydrogens is 256 g/mol. The predicted octanol–water partition coefficient (Wildman–Crippen LogP) is 4.33. The Hall–Kier alpha value is -1.67. The molecule has 0 atom stereocenters. The third-order valence-corrected chi connectivity index (χ3v) is 3.77. The van der Waals surface area contributed by atoms with E-state index in [1.165, 1.54) is 22.3 Å². The molecule has 21 heavy (non-hydrogen) atoms. The first-order valence-corrected chi connectivity index (χ1v) is 7.75. The van der Waals surface area contributed by atoms with Gasteiger partial charge in [0.05, 0.1) is 0 Å². The van der Waals surface area contributed by atoms with Gasteiger partial charge in [-0.1, -0.05) is 45.0 Å². The van der Waals surface area contributed by atoms with Gasteiger partial charge in [-0.05, 0) is 54.0 Å². The van der Waals surface area contributed by atoms with Crippen molar-refractivity contribution in [2.75, 3.05) is 6.54 Å². The number of aryl methyl sites for hydroxylation is 1. The average molecular weight is 282 g/mol. The molecule has 2 heteroatoms. The van der Waals surface area contributed by atoms with Crippen molar-refractivity contribution in [3.8, 4) is 11.1 Å². The number of rotatable bonds is 5. The molecule has 0 aliphatic carbocycles. The van der Waals surface area contributed by atoms with Crippen LogP contribution in [0.3, 0.4) is 0 Å². The van der Waals surface area contributed by atoms with Crippen molar-refractivity contribution in [1.29, 1.82) is 0 Å². The summed E-state index contributed by atoms with van der Waals surface area (Å²) in [5.74, 6) is 0. The monoisotopic (exact) mass is 282 g/mol. The SMILES string of the molecule is CC(C)(C)c1cc(CCCCN)cc(-c2cccnc2)c1. The molecule has 0 aliphatic heterocycles. The molecule has 1 heterocycles. The van der Waals surface area contributed by atoms with Crippen LogP contribution in [0.5, 0.6) is 0 Å². The summed E-state index contributed by atoms with van der Waals surface area (Å²) in [4.78, 5) is 4.24. The zero-order chi connectivity index (χ0) is 15.3. The first kappa shape index (κ1) is 15.7. The standard InChI is InChI=1S/C19H26N2/c1-19(2,3)18-12-15(7-4-5-9-20)11-17(13-18)16-8-6-10-21-14-16/h6,8,10-14H,4-5,7,9,20H2,1-3H3. The molecule has 0 radical (unpaired) electrons. The Morgan fingerprint density at radius 2 is 1.86 bits per heavy atom. The van der Waals surface area contributed by atoms with Gasteiger partial charge in [0, 0.05) is 18.0 Å². The first-order valence-electron chi connectivity index (χ1n) is 7.75. The number of hydrogen-bond acceptors (Lipinski definition) is 2. The second kappa shape index (κ2) is 6.86. The number of nitrogens with two attached hydrogens (primary N) is 1. The van der Waals surface area contributed by atoms with Crippen molar-refractivity contribution >= 4 is 0 Å². The summed E-state index contributed by atoms with van der Waals surface area (Å²) >= 11 is 0. The normalized spacial score (nSPS) is 11.6. The second-order valence-electron chi connectivity index (χ2n) is 6.66. The van der Waals surface area contributed by atoms with Gasteiger partial charge in [-0.3, -0.25) is 4.98 Å². The zero-order valence-electron chi connectivity index (χ0n) is 13.4. The highest BCUT2D eigenvalue weighted by atomic mass is 14.6. The highest BCUT2D eigenvalue weighted by Gasteiger charge is 2.15. The zero-order valence-corrected chi connectivity index (χ0v) is 13.4. The number of nitrogens with zero attached hydrogens (tertiary/aromatic N) is 1. The summed E-state index contributed by atoms with van der Waals surface area (Å²) in [6.45, 7) is 7.56. The van der Waals surface area contributed by atoms with E-state index in [9.17, 15) is 0 Å². The van der Waals surface area contributed by atoms with Crippen LogP contribution < -0.4 is 5.73 Å². The average Bonchev–Trinajstić information content (AvgIpc) is 2.47. The first-order chi connectivity index (χ1) is 10.0. The highest BCUT2D eigenvalue weighted by molar-refractivity contribution is 5.64. The largest absolute Gasteiger partial charge is 0.330 e. The molecule has 0 bridgehead atoms. The van der Waals surface area contributed by atoms with Crippen molar-refractivity contribution in [2.24, 2.45) is 5.73 Å². The van der Waals surface area contributed by atoms with E-state index in [1.54, 1.807) is 0 Å². The lowest BCUT2D eigenvalue weighted by molar-refractivity contribution is 0.589. The number of hydrogen-bond donors (Lipinski definition) is 1. The molecule has 1 aromatic carbocycles. The van der Waals surface area contributed by atoms with Crippen LogP contribution in [-0.2, 0) is 11.8 Å². The number of aromatic nitrogens is 1. The quantitative estimate of drug-likeness (QED) is 0.829. The number of benzene rings is 1. The van der Waals surface area contributed by atoms with Gasteiger partial charge in [-0.15, -0.1) is 0 Å². The Morgan fingerprint density at radius 1 is 1.05 bits per heavy atom. The van der Waals surface area contributed by atoms with Crippen molar-refractivity contribution in [2.45, 2.75) is 45.4 Å². The maximum absolute atomic E-state index is 5.60. The molecule has 0 aliphatic rings. The van der Waals surface area contributed by atoms with Crippen molar-refractivity contribution in [3.63, 3.8) is 0 Å². The lowest BCUT2D eigenvalue weighted by Gasteiger charge is -2.21. The molecule has 112 valence electrons. The van der Waals surface area contributed by atoms with Gasteiger partial charge in [0.25, 0.3) is 0 Å². The fraction of sp³-hybridized carbons (Fsp3) is 0.421. The van der Waals surface area contributed by atoms with Gasteiger partial charge in [-0.2, -0.15) is 0 Å². The van der Waals surface area contributed by atoms with Gasteiger partial charge in [0.15, 0.2) is 0 Å². The van der Waals surface area contributed by atoms with Crippen molar-refractivity contribution < 1.29 is 0 Å². The number of pyridine rings is 1. The fourth-order valence-corrected chi connectivity index (χ4v) is 2.44. The van der Waals surface area contributed by atoms with Gasteiger partial charge in [-0.25, -0.2) is 0 Å². The summed E-state index contributed by atoms with van der Waals surface area (Å²) in [6, 6.07) is 11.0.